The van der Waals surface area contributed by atoms with E-state index in [1.54, 1.807) is 0 Å². The van der Waals surface area contributed by atoms with Crippen LogP contribution in [0.15, 0.2) is 39.0 Å². The summed E-state index contributed by atoms with van der Waals surface area (Å²) >= 11 is 0. The molecule has 0 saturated carbocycles. The minimum atomic E-state index is -1.04. The van der Waals surface area contributed by atoms with Crippen molar-refractivity contribution in [3.8, 4) is 0 Å². The van der Waals surface area contributed by atoms with Gasteiger partial charge in [-0.3, -0.25) is 14.6 Å². The summed E-state index contributed by atoms with van der Waals surface area (Å²) in [5.74, 6) is -1.80. The molecule has 0 saturated heterocycles. The number of hydrogen-bond donors (Lipinski definition) is 5. The van der Waals surface area contributed by atoms with Gasteiger partial charge in [0.25, 0.3) is 11.5 Å². The average molecular weight is 346 g/mol. The zero-order valence-corrected chi connectivity index (χ0v) is 12.9. The molecule has 0 fully saturated rings. The lowest BCUT2D eigenvalue weighted by Gasteiger charge is -2.11. The van der Waals surface area contributed by atoms with Crippen LogP contribution in [0.2, 0.25) is 0 Å². The summed E-state index contributed by atoms with van der Waals surface area (Å²) in [7, 11) is 0. The van der Waals surface area contributed by atoms with Crippen LogP contribution < -0.4 is 22.0 Å². The van der Waals surface area contributed by atoms with E-state index in [4.69, 9.17) is 5.11 Å². The number of H-pyrrole nitrogens is 2. The topological polar surface area (TPSA) is 169 Å². The smallest absolute Gasteiger partial charge is 0.342 e. The first-order chi connectivity index (χ1) is 11.9. The lowest BCUT2D eigenvalue weighted by molar-refractivity contribution is -0.121. The molecule has 2 aromatic rings. The van der Waals surface area contributed by atoms with E-state index >= 15 is 0 Å². The summed E-state index contributed by atoms with van der Waals surface area (Å²) in [5.41, 5.74) is 1.47. The fraction of sp³-hybridized carbons (Fsp3) is 0.143. The second-order valence-corrected chi connectivity index (χ2v) is 4.88. The van der Waals surface area contributed by atoms with Crippen LogP contribution in [-0.4, -0.2) is 44.4 Å². The Hall–Kier alpha value is -3.76. The second kappa shape index (κ2) is 7.68. The molecule has 130 valence electrons. The Morgan fingerprint density at radius 3 is 2.56 bits per heavy atom. The Morgan fingerprint density at radius 1 is 1.28 bits per heavy atom. The molecule has 1 amide bonds. The first kappa shape index (κ1) is 17.6. The number of carbonyl (C=O) groups excluding carboxylic acids is 1. The van der Waals surface area contributed by atoms with Gasteiger partial charge in [-0.25, -0.2) is 20.1 Å². The highest BCUT2D eigenvalue weighted by molar-refractivity contribution is 5.90. The predicted molar refractivity (Wildman–Crippen MR) is 87.7 cm³/mol. The number of anilines is 1. The van der Waals surface area contributed by atoms with Crippen molar-refractivity contribution in [3.63, 3.8) is 0 Å². The van der Waals surface area contributed by atoms with Crippen LogP contribution in [0.1, 0.15) is 22.8 Å². The predicted octanol–water partition coefficient (Wildman–Crippen LogP) is -0.893. The summed E-state index contributed by atoms with van der Waals surface area (Å²) in [6.07, 6.45) is 1.33. The van der Waals surface area contributed by atoms with E-state index in [0.717, 1.165) is 0 Å². The van der Waals surface area contributed by atoms with Crippen LogP contribution in [0.3, 0.4) is 0 Å². The quantitative estimate of drug-likeness (QED) is 0.333. The summed E-state index contributed by atoms with van der Waals surface area (Å²) < 4.78 is 0. The minimum absolute atomic E-state index is 0.137. The van der Waals surface area contributed by atoms with Crippen molar-refractivity contribution in [2.75, 3.05) is 5.32 Å². The van der Waals surface area contributed by atoms with Crippen LogP contribution in [0, 0.1) is 0 Å². The van der Waals surface area contributed by atoms with E-state index in [2.05, 4.69) is 20.9 Å². The summed E-state index contributed by atoms with van der Waals surface area (Å²) in [6, 6.07) is 5.02. The Morgan fingerprint density at radius 2 is 1.96 bits per heavy atom. The Kier molecular flexibility index (Phi) is 5.40. The lowest BCUT2D eigenvalue weighted by atomic mass is 10.1. The highest BCUT2D eigenvalue weighted by Gasteiger charge is 2.14. The molecule has 0 aliphatic heterocycles. The number of carboxylic acids is 1. The number of benzene rings is 1. The van der Waals surface area contributed by atoms with Gasteiger partial charge in [-0.2, -0.15) is 5.10 Å². The van der Waals surface area contributed by atoms with Crippen molar-refractivity contribution in [3.05, 3.63) is 56.2 Å². The van der Waals surface area contributed by atoms with Crippen molar-refractivity contribution < 1.29 is 14.7 Å². The molecular formula is C14H14N6O5. The SMILES string of the molecule is C[C@H](Nc1n[nH]c(=O)[nH]c1=O)C(=O)NN=Cc1ccc(C(=O)O)cc1. The van der Waals surface area contributed by atoms with E-state index < -0.39 is 29.2 Å². The van der Waals surface area contributed by atoms with Gasteiger partial charge < -0.3 is 10.4 Å². The molecule has 1 atom stereocenters. The molecule has 11 nitrogen and oxygen atoms in total. The highest BCUT2D eigenvalue weighted by atomic mass is 16.4. The number of nitrogens with zero attached hydrogens (tertiary/aromatic N) is 2. The second-order valence-electron chi connectivity index (χ2n) is 4.88. The molecule has 11 heteroatoms. The molecule has 5 N–H and O–H groups in total. The largest absolute Gasteiger partial charge is 0.478 e. The number of rotatable bonds is 6. The van der Waals surface area contributed by atoms with Gasteiger partial charge in [-0.05, 0) is 24.6 Å². The molecule has 0 aliphatic rings. The molecule has 25 heavy (non-hydrogen) atoms. The maximum absolute atomic E-state index is 11.9. The molecule has 1 aromatic carbocycles. The van der Waals surface area contributed by atoms with Gasteiger partial charge in [0.2, 0.25) is 5.82 Å². The highest BCUT2D eigenvalue weighted by Crippen LogP contribution is 2.02. The van der Waals surface area contributed by atoms with E-state index in [-0.39, 0.29) is 11.4 Å². The first-order valence-electron chi connectivity index (χ1n) is 6.98. The van der Waals surface area contributed by atoms with Crippen molar-refractivity contribution in [1.29, 1.82) is 0 Å². The standard InChI is InChI=1S/C14H14N6O5/c1-7(16-10-12(22)17-14(25)20-18-10)11(21)19-15-6-8-2-4-9(5-3-8)13(23)24/h2-7H,1H3,(H,16,18)(H,19,21)(H,23,24)(H2,17,20,22,25)/t7-/m0/s1. The van der Waals surface area contributed by atoms with E-state index in [1.807, 2.05) is 10.1 Å². The van der Waals surface area contributed by atoms with Gasteiger partial charge in [0.1, 0.15) is 6.04 Å². The zero-order valence-electron chi connectivity index (χ0n) is 12.9. The maximum Gasteiger partial charge on any atom is 0.342 e. The van der Waals surface area contributed by atoms with Gasteiger partial charge in [0.15, 0.2) is 0 Å². The number of nitrogens with one attached hydrogen (secondary N) is 4. The minimum Gasteiger partial charge on any atom is -0.478 e. The van der Waals surface area contributed by atoms with Gasteiger partial charge in [0, 0.05) is 0 Å². The number of carboxylic acid groups (broad SMARTS) is 1. The summed E-state index contributed by atoms with van der Waals surface area (Å²) in [5, 5.41) is 20.6. The van der Waals surface area contributed by atoms with Crippen molar-refractivity contribution in [2.24, 2.45) is 5.10 Å². The van der Waals surface area contributed by atoms with Crippen molar-refractivity contribution in [2.45, 2.75) is 13.0 Å². The Balaban J connectivity index is 1.93. The molecular weight excluding hydrogens is 332 g/mol. The maximum atomic E-state index is 11.9. The third kappa shape index (κ3) is 4.86. The summed E-state index contributed by atoms with van der Waals surface area (Å²) in [6.45, 7) is 1.47. The Bertz CT molecular complexity index is 914. The van der Waals surface area contributed by atoms with E-state index in [1.165, 1.54) is 37.4 Å². The molecule has 1 aromatic heterocycles. The van der Waals surface area contributed by atoms with Gasteiger partial charge in [0.05, 0.1) is 11.8 Å². The Labute approximate surface area is 139 Å². The van der Waals surface area contributed by atoms with E-state index in [0.29, 0.717) is 5.56 Å². The number of amides is 1. The fourth-order valence-corrected chi connectivity index (χ4v) is 1.70. The van der Waals surface area contributed by atoms with Crippen molar-refractivity contribution in [1.82, 2.24) is 20.6 Å². The number of aromatic carboxylic acids is 1. The molecule has 0 aliphatic carbocycles. The summed E-state index contributed by atoms with van der Waals surface area (Å²) in [4.78, 5) is 46.9. The molecule has 0 spiro atoms. The number of carbonyl (C=O) groups is 2. The van der Waals surface area contributed by atoms with Crippen LogP contribution >= 0.6 is 0 Å². The van der Waals surface area contributed by atoms with Crippen LogP contribution in [-0.2, 0) is 4.79 Å². The average Bonchev–Trinajstić information content (AvgIpc) is 2.57. The normalized spacial score (nSPS) is 11.9. The first-order valence-corrected chi connectivity index (χ1v) is 6.98. The third-order valence-electron chi connectivity index (χ3n) is 3.00. The van der Waals surface area contributed by atoms with Gasteiger partial charge in [-0.1, -0.05) is 12.1 Å². The molecule has 2 rings (SSSR count). The number of aromatic nitrogens is 3. The molecule has 0 bridgehead atoms. The monoisotopic (exact) mass is 346 g/mol. The zero-order chi connectivity index (χ0) is 18.4. The third-order valence-corrected chi connectivity index (χ3v) is 3.00. The van der Waals surface area contributed by atoms with Gasteiger partial charge >= 0.3 is 11.7 Å². The van der Waals surface area contributed by atoms with Crippen LogP contribution in [0.5, 0.6) is 0 Å². The molecule has 1 heterocycles. The lowest BCUT2D eigenvalue weighted by Crippen LogP contribution is -2.38. The molecule has 0 radical (unpaired) electrons. The number of hydrogen-bond acceptors (Lipinski definition) is 7. The number of aromatic amines is 2. The molecule has 0 unspecified atom stereocenters. The number of hydrazone groups is 1. The fourth-order valence-electron chi connectivity index (χ4n) is 1.70. The van der Waals surface area contributed by atoms with E-state index in [9.17, 15) is 19.2 Å². The van der Waals surface area contributed by atoms with Gasteiger partial charge in [-0.15, -0.1) is 5.10 Å². The van der Waals surface area contributed by atoms with Crippen LogP contribution in [0.4, 0.5) is 5.82 Å². The van der Waals surface area contributed by atoms with Crippen LogP contribution in [0.25, 0.3) is 0 Å². The van der Waals surface area contributed by atoms with Crippen molar-refractivity contribution >= 4 is 23.9 Å².